The Morgan fingerprint density at radius 3 is 2.61 bits per heavy atom. The lowest BCUT2D eigenvalue weighted by Gasteiger charge is -2.31. The topological polar surface area (TPSA) is 58.4 Å². The fourth-order valence-electron chi connectivity index (χ4n) is 2.76. The van der Waals surface area contributed by atoms with Gasteiger partial charge < -0.3 is 16.0 Å². The fraction of sp³-hybridized carbons (Fsp3) is 0.929. The molecular weight excluding hydrogens is 226 g/mol. The number of primary amides is 1. The number of nitrogens with one attached hydrogen (secondary N) is 1. The van der Waals surface area contributed by atoms with Crippen LogP contribution in [0.15, 0.2) is 0 Å². The Morgan fingerprint density at radius 2 is 2.17 bits per heavy atom. The molecule has 0 saturated carbocycles. The average Bonchev–Trinajstić information content (AvgIpc) is 2.62. The second-order valence-corrected chi connectivity index (χ2v) is 6.06. The van der Waals surface area contributed by atoms with Crippen LogP contribution in [0.4, 0.5) is 0 Å². The third kappa shape index (κ3) is 3.95. The largest absolute Gasteiger partial charge is 0.368 e. The van der Waals surface area contributed by atoms with E-state index in [1.807, 2.05) is 6.92 Å². The molecule has 0 aromatic heterocycles. The Morgan fingerprint density at radius 1 is 1.50 bits per heavy atom. The zero-order valence-corrected chi connectivity index (χ0v) is 12.3. The van der Waals surface area contributed by atoms with Crippen LogP contribution in [0.3, 0.4) is 0 Å². The molecule has 3 N–H and O–H groups in total. The van der Waals surface area contributed by atoms with Crippen molar-refractivity contribution < 1.29 is 4.79 Å². The highest BCUT2D eigenvalue weighted by Crippen LogP contribution is 2.23. The van der Waals surface area contributed by atoms with Gasteiger partial charge in [0, 0.05) is 19.1 Å². The van der Waals surface area contributed by atoms with Crippen LogP contribution >= 0.6 is 0 Å². The van der Waals surface area contributed by atoms with Crippen LogP contribution in [0.25, 0.3) is 0 Å². The van der Waals surface area contributed by atoms with Gasteiger partial charge in [-0.25, -0.2) is 0 Å². The molecule has 3 unspecified atom stereocenters. The normalized spacial score (nSPS) is 28.2. The summed E-state index contributed by atoms with van der Waals surface area (Å²) in [6, 6.07) is 0.628. The quantitative estimate of drug-likeness (QED) is 0.722. The number of nitrogens with two attached hydrogens (primary N) is 1. The van der Waals surface area contributed by atoms with E-state index < -0.39 is 5.54 Å². The van der Waals surface area contributed by atoms with Crippen molar-refractivity contribution in [3.63, 3.8) is 0 Å². The summed E-state index contributed by atoms with van der Waals surface area (Å²) in [5, 5.41) is 3.29. The van der Waals surface area contributed by atoms with E-state index in [1.54, 1.807) is 0 Å². The smallest absolute Gasteiger partial charge is 0.237 e. The van der Waals surface area contributed by atoms with Crippen LogP contribution < -0.4 is 11.1 Å². The maximum Gasteiger partial charge on any atom is 0.237 e. The van der Waals surface area contributed by atoms with Crippen molar-refractivity contribution in [1.29, 1.82) is 0 Å². The zero-order valence-electron chi connectivity index (χ0n) is 12.3. The molecule has 0 aromatic carbocycles. The molecule has 1 aliphatic rings. The molecule has 3 atom stereocenters. The van der Waals surface area contributed by atoms with Gasteiger partial charge in [-0.15, -0.1) is 0 Å². The molecule has 0 bridgehead atoms. The van der Waals surface area contributed by atoms with E-state index in [4.69, 9.17) is 5.73 Å². The molecular formula is C14H29N3O. The summed E-state index contributed by atoms with van der Waals surface area (Å²) in [5.41, 5.74) is 4.97. The van der Waals surface area contributed by atoms with E-state index in [0.717, 1.165) is 38.4 Å². The van der Waals surface area contributed by atoms with Gasteiger partial charge in [-0.05, 0) is 45.6 Å². The molecule has 0 aliphatic carbocycles. The van der Waals surface area contributed by atoms with Crippen LogP contribution in [0, 0.1) is 5.92 Å². The van der Waals surface area contributed by atoms with Crippen LogP contribution in [-0.4, -0.2) is 42.0 Å². The molecule has 1 rings (SSSR count). The summed E-state index contributed by atoms with van der Waals surface area (Å²) in [5.74, 6) is 0.527. The van der Waals surface area contributed by atoms with Crippen molar-refractivity contribution in [3.8, 4) is 0 Å². The number of carbonyl (C=O) groups is 1. The van der Waals surface area contributed by atoms with E-state index in [2.05, 4.69) is 31.0 Å². The molecule has 1 aliphatic heterocycles. The summed E-state index contributed by atoms with van der Waals surface area (Å²) in [7, 11) is 0. The predicted molar refractivity (Wildman–Crippen MR) is 75.3 cm³/mol. The van der Waals surface area contributed by atoms with Gasteiger partial charge in [0.1, 0.15) is 0 Å². The second kappa shape index (κ2) is 6.53. The molecule has 1 saturated heterocycles. The summed E-state index contributed by atoms with van der Waals surface area (Å²) < 4.78 is 0. The van der Waals surface area contributed by atoms with Gasteiger partial charge in [0.25, 0.3) is 0 Å². The van der Waals surface area contributed by atoms with Gasteiger partial charge in [-0.2, -0.15) is 0 Å². The second-order valence-electron chi connectivity index (χ2n) is 6.06. The first-order valence-corrected chi connectivity index (χ1v) is 7.18. The van der Waals surface area contributed by atoms with Crippen molar-refractivity contribution in [1.82, 2.24) is 10.2 Å². The van der Waals surface area contributed by atoms with Gasteiger partial charge in [-0.3, -0.25) is 4.79 Å². The van der Waals surface area contributed by atoms with Gasteiger partial charge in [0.2, 0.25) is 5.91 Å². The SMILES string of the molecule is CCCNC(C)(CCN1CC(C)CC1C)C(N)=O. The molecule has 1 amide bonds. The van der Waals surface area contributed by atoms with E-state index in [9.17, 15) is 4.79 Å². The third-order valence-electron chi connectivity index (χ3n) is 4.12. The van der Waals surface area contributed by atoms with Crippen LogP contribution in [0.1, 0.15) is 47.0 Å². The number of amides is 1. The maximum atomic E-state index is 11.6. The van der Waals surface area contributed by atoms with Crippen molar-refractivity contribution in [3.05, 3.63) is 0 Å². The van der Waals surface area contributed by atoms with Crippen molar-refractivity contribution >= 4 is 5.91 Å². The Balaban J connectivity index is 2.49. The summed E-state index contributed by atoms with van der Waals surface area (Å²) in [6.07, 6.45) is 3.06. The standard InChI is InChI=1S/C14H29N3O/c1-5-7-16-14(4,13(15)18)6-8-17-10-11(2)9-12(17)3/h11-12,16H,5-10H2,1-4H3,(H2,15,18). The van der Waals surface area contributed by atoms with Crippen LogP contribution in [-0.2, 0) is 4.79 Å². The van der Waals surface area contributed by atoms with Crippen LogP contribution in [0.5, 0.6) is 0 Å². The van der Waals surface area contributed by atoms with Crippen molar-refractivity contribution in [2.24, 2.45) is 11.7 Å². The number of carbonyl (C=O) groups excluding carboxylic acids is 1. The van der Waals surface area contributed by atoms with Gasteiger partial charge in [0.15, 0.2) is 0 Å². The molecule has 1 heterocycles. The molecule has 4 nitrogen and oxygen atoms in total. The number of hydrogen-bond donors (Lipinski definition) is 2. The predicted octanol–water partition coefficient (Wildman–Crippen LogP) is 1.35. The summed E-state index contributed by atoms with van der Waals surface area (Å²) in [4.78, 5) is 14.1. The molecule has 0 spiro atoms. The first-order chi connectivity index (χ1) is 8.39. The number of likely N-dealkylation sites (tertiary alicyclic amines) is 1. The number of rotatable bonds is 7. The Hall–Kier alpha value is -0.610. The highest BCUT2D eigenvalue weighted by molar-refractivity contribution is 5.84. The average molecular weight is 255 g/mol. The summed E-state index contributed by atoms with van der Waals surface area (Å²) >= 11 is 0. The van der Waals surface area contributed by atoms with Gasteiger partial charge in [0.05, 0.1) is 5.54 Å². The minimum absolute atomic E-state index is 0.240. The molecule has 0 radical (unpaired) electrons. The summed E-state index contributed by atoms with van der Waals surface area (Å²) in [6.45, 7) is 11.5. The molecule has 0 aromatic rings. The monoisotopic (exact) mass is 255 g/mol. The van der Waals surface area contributed by atoms with Crippen LogP contribution in [0.2, 0.25) is 0 Å². The molecule has 4 heteroatoms. The highest BCUT2D eigenvalue weighted by atomic mass is 16.1. The zero-order chi connectivity index (χ0) is 13.8. The van der Waals surface area contributed by atoms with E-state index in [-0.39, 0.29) is 5.91 Å². The lowest BCUT2D eigenvalue weighted by atomic mass is 9.96. The third-order valence-corrected chi connectivity index (χ3v) is 4.12. The van der Waals surface area contributed by atoms with E-state index in [0.29, 0.717) is 6.04 Å². The number of hydrogen-bond acceptors (Lipinski definition) is 3. The number of nitrogens with zero attached hydrogens (tertiary/aromatic N) is 1. The molecule has 106 valence electrons. The Labute approximate surface area is 111 Å². The minimum atomic E-state index is -0.568. The maximum absolute atomic E-state index is 11.6. The fourth-order valence-corrected chi connectivity index (χ4v) is 2.76. The Kier molecular flexibility index (Phi) is 5.60. The van der Waals surface area contributed by atoms with Gasteiger partial charge in [-0.1, -0.05) is 13.8 Å². The highest BCUT2D eigenvalue weighted by Gasteiger charge is 2.33. The van der Waals surface area contributed by atoms with E-state index in [1.165, 1.54) is 6.42 Å². The first kappa shape index (κ1) is 15.4. The molecule has 18 heavy (non-hydrogen) atoms. The lowest BCUT2D eigenvalue weighted by Crippen LogP contribution is -2.55. The van der Waals surface area contributed by atoms with Gasteiger partial charge >= 0.3 is 0 Å². The molecule has 1 fully saturated rings. The first-order valence-electron chi connectivity index (χ1n) is 7.18. The van der Waals surface area contributed by atoms with E-state index >= 15 is 0 Å². The van der Waals surface area contributed by atoms with Crippen molar-refractivity contribution in [2.75, 3.05) is 19.6 Å². The lowest BCUT2D eigenvalue weighted by molar-refractivity contribution is -0.124. The van der Waals surface area contributed by atoms with Crippen molar-refractivity contribution in [2.45, 2.75) is 58.5 Å². The minimum Gasteiger partial charge on any atom is -0.368 e. The Bertz CT molecular complexity index is 282.